The first-order valence-electron chi connectivity index (χ1n) is 9.32. The van der Waals surface area contributed by atoms with Gasteiger partial charge in [0.15, 0.2) is 0 Å². The van der Waals surface area contributed by atoms with Crippen LogP contribution in [-0.2, 0) is 11.2 Å². The van der Waals surface area contributed by atoms with Gasteiger partial charge >= 0.3 is 0 Å². The van der Waals surface area contributed by atoms with Crippen molar-refractivity contribution in [3.8, 4) is 0 Å². The number of primary amides is 1. The Balaban J connectivity index is 1.79. The lowest BCUT2D eigenvalue weighted by Crippen LogP contribution is -2.39. The molecule has 1 aromatic carbocycles. The Bertz CT molecular complexity index is 788. The average Bonchev–Trinajstić information content (AvgIpc) is 3.20. The maximum Gasteiger partial charge on any atom is 0.248 e. The number of hydrogen-bond donors (Lipinski definition) is 1. The summed E-state index contributed by atoms with van der Waals surface area (Å²) in [5.74, 6) is -0.548. The van der Waals surface area contributed by atoms with E-state index in [2.05, 4.69) is 9.88 Å². The summed E-state index contributed by atoms with van der Waals surface area (Å²) in [5.41, 5.74) is 7.58. The van der Waals surface area contributed by atoms with E-state index in [9.17, 15) is 9.59 Å². The second-order valence-electron chi connectivity index (χ2n) is 7.01. The lowest BCUT2D eigenvalue weighted by Gasteiger charge is -2.32. The molecule has 1 aromatic heterocycles. The summed E-state index contributed by atoms with van der Waals surface area (Å²) in [6.45, 7) is 2.92. The van der Waals surface area contributed by atoms with Crippen molar-refractivity contribution >= 4 is 11.8 Å². The predicted octanol–water partition coefficient (Wildman–Crippen LogP) is 2.02. The number of carbonyl (C=O) groups excluding carboxylic acids is 2. The van der Waals surface area contributed by atoms with Crippen LogP contribution in [0.25, 0.3) is 0 Å². The molecule has 1 aliphatic rings. The predicted molar refractivity (Wildman–Crippen MR) is 104 cm³/mol. The standard InChI is InChI=1S/C21H26N4O2/c1-24(20(26)14-17-6-2-3-7-18(17)21(22)27)19(15-25-12-4-5-13-25)16-8-10-23-11-9-16/h2-3,6-11,19H,4-5,12-15H2,1H3,(H2,22,27). The molecule has 1 atom stereocenters. The van der Waals surface area contributed by atoms with Crippen molar-refractivity contribution in [2.75, 3.05) is 26.7 Å². The number of likely N-dealkylation sites (tertiary alicyclic amines) is 1. The highest BCUT2D eigenvalue weighted by molar-refractivity contribution is 5.95. The minimum Gasteiger partial charge on any atom is -0.366 e. The number of aromatic nitrogens is 1. The average molecular weight is 366 g/mol. The first-order chi connectivity index (χ1) is 13.1. The number of amides is 2. The summed E-state index contributed by atoms with van der Waals surface area (Å²) >= 11 is 0. The molecule has 3 rings (SSSR count). The molecule has 2 aromatic rings. The zero-order chi connectivity index (χ0) is 19.2. The minimum atomic E-state index is -0.510. The molecular formula is C21H26N4O2. The summed E-state index contributed by atoms with van der Waals surface area (Å²) < 4.78 is 0. The van der Waals surface area contributed by atoms with E-state index in [1.54, 1.807) is 35.5 Å². The third kappa shape index (κ3) is 4.71. The molecule has 2 amide bonds. The van der Waals surface area contributed by atoms with Gasteiger partial charge in [0.05, 0.1) is 12.5 Å². The zero-order valence-corrected chi connectivity index (χ0v) is 15.7. The molecule has 1 fully saturated rings. The van der Waals surface area contributed by atoms with Crippen molar-refractivity contribution in [1.29, 1.82) is 0 Å². The molecule has 0 aliphatic carbocycles. The minimum absolute atomic E-state index is 0.0373. The second kappa shape index (κ2) is 8.77. The van der Waals surface area contributed by atoms with Crippen LogP contribution in [0.3, 0.4) is 0 Å². The highest BCUT2D eigenvalue weighted by Gasteiger charge is 2.26. The van der Waals surface area contributed by atoms with E-state index >= 15 is 0 Å². The Morgan fingerprint density at radius 2 is 1.81 bits per heavy atom. The maximum absolute atomic E-state index is 13.0. The Morgan fingerprint density at radius 3 is 2.48 bits per heavy atom. The van der Waals surface area contributed by atoms with Gasteiger partial charge in [0.25, 0.3) is 0 Å². The molecule has 1 aliphatic heterocycles. The fourth-order valence-electron chi connectivity index (χ4n) is 3.62. The first kappa shape index (κ1) is 19.0. The van der Waals surface area contributed by atoms with Gasteiger partial charge in [-0.25, -0.2) is 0 Å². The van der Waals surface area contributed by atoms with Crippen molar-refractivity contribution in [2.45, 2.75) is 25.3 Å². The number of hydrogen-bond acceptors (Lipinski definition) is 4. The molecule has 0 bridgehead atoms. The Hall–Kier alpha value is -2.73. The van der Waals surface area contributed by atoms with Crippen molar-refractivity contribution in [2.24, 2.45) is 5.73 Å². The zero-order valence-electron chi connectivity index (χ0n) is 15.7. The van der Waals surface area contributed by atoms with E-state index in [0.717, 1.165) is 25.2 Å². The van der Waals surface area contributed by atoms with Crippen molar-refractivity contribution < 1.29 is 9.59 Å². The van der Waals surface area contributed by atoms with E-state index in [0.29, 0.717) is 11.1 Å². The highest BCUT2D eigenvalue weighted by Crippen LogP contribution is 2.23. The first-order valence-corrected chi connectivity index (χ1v) is 9.32. The Labute approximate surface area is 160 Å². The molecule has 27 heavy (non-hydrogen) atoms. The quantitative estimate of drug-likeness (QED) is 0.813. The lowest BCUT2D eigenvalue weighted by atomic mass is 10.0. The summed E-state index contributed by atoms with van der Waals surface area (Å²) in [5, 5.41) is 0. The molecule has 6 nitrogen and oxygen atoms in total. The molecule has 142 valence electrons. The van der Waals surface area contributed by atoms with Crippen LogP contribution in [0.4, 0.5) is 0 Å². The Morgan fingerprint density at radius 1 is 1.15 bits per heavy atom. The van der Waals surface area contributed by atoms with E-state index < -0.39 is 5.91 Å². The van der Waals surface area contributed by atoms with Gasteiger partial charge in [0, 0.05) is 31.5 Å². The van der Waals surface area contributed by atoms with Gasteiger partial charge < -0.3 is 15.5 Å². The van der Waals surface area contributed by atoms with Gasteiger partial charge in [-0.15, -0.1) is 0 Å². The van der Waals surface area contributed by atoms with Crippen LogP contribution >= 0.6 is 0 Å². The van der Waals surface area contributed by atoms with E-state index in [1.807, 2.05) is 25.2 Å². The van der Waals surface area contributed by atoms with Crippen molar-refractivity contribution in [3.63, 3.8) is 0 Å². The van der Waals surface area contributed by atoms with E-state index in [1.165, 1.54) is 12.8 Å². The van der Waals surface area contributed by atoms with E-state index in [4.69, 9.17) is 5.73 Å². The Kier molecular flexibility index (Phi) is 6.19. The van der Waals surface area contributed by atoms with Crippen LogP contribution in [0.15, 0.2) is 48.8 Å². The summed E-state index contributed by atoms with van der Waals surface area (Å²) in [7, 11) is 1.83. The number of nitrogens with zero attached hydrogens (tertiary/aromatic N) is 3. The molecular weight excluding hydrogens is 340 g/mol. The van der Waals surface area contributed by atoms with Crippen LogP contribution in [-0.4, -0.2) is 53.3 Å². The largest absolute Gasteiger partial charge is 0.366 e. The molecule has 1 saturated heterocycles. The van der Waals surface area contributed by atoms with Gasteiger partial charge in [-0.1, -0.05) is 18.2 Å². The third-order valence-corrected chi connectivity index (χ3v) is 5.21. The molecule has 0 radical (unpaired) electrons. The number of benzene rings is 1. The van der Waals surface area contributed by atoms with Gasteiger partial charge in [-0.05, 0) is 55.3 Å². The van der Waals surface area contributed by atoms with E-state index in [-0.39, 0.29) is 18.4 Å². The monoisotopic (exact) mass is 366 g/mol. The van der Waals surface area contributed by atoms with Crippen LogP contribution < -0.4 is 5.73 Å². The third-order valence-electron chi connectivity index (χ3n) is 5.21. The van der Waals surface area contributed by atoms with Crippen LogP contribution in [0.5, 0.6) is 0 Å². The van der Waals surface area contributed by atoms with Crippen molar-refractivity contribution in [1.82, 2.24) is 14.8 Å². The highest BCUT2D eigenvalue weighted by atomic mass is 16.2. The lowest BCUT2D eigenvalue weighted by molar-refractivity contribution is -0.131. The normalized spacial score (nSPS) is 15.4. The molecule has 2 heterocycles. The fraction of sp³-hybridized carbons (Fsp3) is 0.381. The SMILES string of the molecule is CN(C(=O)Cc1ccccc1C(N)=O)C(CN1CCCC1)c1ccncc1. The molecule has 0 saturated carbocycles. The topological polar surface area (TPSA) is 79.5 Å². The number of rotatable bonds is 7. The van der Waals surface area contributed by atoms with Gasteiger partial charge in [0.1, 0.15) is 0 Å². The number of nitrogens with two attached hydrogens (primary N) is 1. The van der Waals surface area contributed by atoms with Crippen LogP contribution in [0.1, 0.15) is 40.4 Å². The van der Waals surface area contributed by atoms with Crippen LogP contribution in [0, 0.1) is 0 Å². The van der Waals surface area contributed by atoms with Gasteiger partial charge in [-0.2, -0.15) is 0 Å². The summed E-state index contributed by atoms with van der Waals surface area (Å²) in [6, 6.07) is 10.9. The van der Waals surface area contributed by atoms with Gasteiger partial charge in [0.2, 0.25) is 11.8 Å². The number of carbonyl (C=O) groups is 2. The maximum atomic E-state index is 13.0. The number of pyridine rings is 1. The van der Waals surface area contributed by atoms with Crippen LogP contribution in [0.2, 0.25) is 0 Å². The summed E-state index contributed by atoms with van der Waals surface area (Å²) in [4.78, 5) is 32.9. The fourth-order valence-corrected chi connectivity index (χ4v) is 3.62. The number of likely N-dealkylation sites (N-methyl/N-ethyl adjacent to an activating group) is 1. The molecule has 6 heteroatoms. The summed E-state index contributed by atoms with van der Waals surface area (Å²) in [6.07, 6.45) is 6.07. The van der Waals surface area contributed by atoms with Gasteiger partial charge in [-0.3, -0.25) is 14.6 Å². The van der Waals surface area contributed by atoms with Crippen molar-refractivity contribution in [3.05, 3.63) is 65.5 Å². The molecule has 1 unspecified atom stereocenters. The molecule has 0 spiro atoms. The smallest absolute Gasteiger partial charge is 0.248 e. The molecule has 2 N–H and O–H groups in total. The second-order valence-corrected chi connectivity index (χ2v) is 7.01.